The van der Waals surface area contributed by atoms with Gasteiger partial charge in [-0.15, -0.1) is 0 Å². The summed E-state index contributed by atoms with van der Waals surface area (Å²) in [5, 5.41) is 19.8. The molecule has 1 aromatic carbocycles. The van der Waals surface area contributed by atoms with Crippen molar-refractivity contribution in [2.24, 2.45) is 0 Å². The third-order valence-corrected chi connectivity index (χ3v) is 2.59. The molecule has 0 saturated carbocycles. The molecular weight excluding hydrogens is 262 g/mol. The molecule has 0 spiro atoms. The van der Waals surface area contributed by atoms with Crippen LogP contribution in [-0.4, -0.2) is 40.8 Å². The fourth-order valence-electron chi connectivity index (χ4n) is 1.44. The second kappa shape index (κ2) is 7.62. The number of aliphatic hydroxyl groups excluding tert-OH is 1. The Morgan fingerprint density at radius 1 is 1.25 bits per heavy atom. The minimum absolute atomic E-state index is 0.124. The van der Waals surface area contributed by atoms with Crippen LogP contribution in [0.4, 0.5) is 0 Å². The number of carboxylic acid groups (broad SMARTS) is 1. The molecule has 0 saturated heterocycles. The average Bonchev–Trinajstić information content (AvgIpc) is 2.42. The average molecular weight is 281 g/mol. The second-order valence-corrected chi connectivity index (χ2v) is 4.60. The maximum Gasteiger partial charge on any atom is 0.328 e. The first-order chi connectivity index (χ1) is 9.43. The smallest absolute Gasteiger partial charge is 0.328 e. The van der Waals surface area contributed by atoms with E-state index in [0.717, 1.165) is 5.56 Å². The van der Waals surface area contributed by atoms with Crippen LogP contribution in [0.25, 0.3) is 0 Å². The van der Waals surface area contributed by atoms with Gasteiger partial charge in [0.2, 0.25) is 0 Å². The predicted octanol–water partition coefficient (Wildman–Crippen LogP) is 0.787. The van der Waals surface area contributed by atoms with Gasteiger partial charge in [-0.1, -0.05) is 12.1 Å². The first-order valence-electron chi connectivity index (χ1n) is 6.29. The molecule has 6 heteroatoms. The Labute approximate surface area is 117 Å². The number of nitrogens with one attached hydrogen (secondary N) is 1. The third kappa shape index (κ3) is 4.99. The molecule has 0 aliphatic heterocycles. The summed E-state index contributed by atoms with van der Waals surface area (Å²) in [7, 11) is 0. The zero-order valence-corrected chi connectivity index (χ0v) is 11.5. The Morgan fingerprint density at radius 3 is 2.30 bits per heavy atom. The summed E-state index contributed by atoms with van der Waals surface area (Å²) in [4.78, 5) is 22.5. The first kappa shape index (κ1) is 16.1. The first-order valence-corrected chi connectivity index (χ1v) is 6.29. The fourth-order valence-corrected chi connectivity index (χ4v) is 1.44. The molecule has 0 aliphatic carbocycles. The number of carbonyl (C=O) groups excluding carboxylic acids is 1. The summed E-state index contributed by atoms with van der Waals surface area (Å²) >= 11 is 0. The van der Waals surface area contributed by atoms with Gasteiger partial charge in [0.25, 0.3) is 5.91 Å². The van der Waals surface area contributed by atoms with Crippen molar-refractivity contribution in [1.82, 2.24) is 5.32 Å². The summed E-state index contributed by atoms with van der Waals surface area (Å²) in [5.41, 5.74) is 1.25. The number of amides is 1. The SMILES string of the molecule is CC(C)OCc1ccc(C(=O)N[C@H](CO)C(=O)O)cc1. The highest BCUT2D eigenvalue weighted by molar-refractivity contribution is 5.96. The standard InChI is InChI=1S/C14H19NO5/c1-9(2)20-8-10-3-5-11(6-4-10)13(17)15-12(7-16)14(18)19/h3-6,9,12,16H,7-8H2,1-2H3,(H,15,17)(H,18,19)/t12-/m1/s1. The molecule has 0 bridgehead atoms. The number of rotatable bonds is 7. The van der Waals surface area contributed by atoms with Crippen molar-refractivity contribution in [2.45, 2.75) is 32.6 Å². The maximum absolute atomic E-state index is 11.8. The number of hydrogen-bond donors (Lipinski definition) is 3. The van der Waals surface area contributed by atoms with E-state index in [0.29, 0.717) is 12.2 Å². The molecule has 0 aliphatic rings. The summed E-state index contributed by atoms with van der Waals surface area (Å²) in [6.45, 7) is 3.67. The highest BCUT2D eigenvalue weighted by Gasteiger charge is 2.19. The molecule has 0 aromatic heterocycles. The van der Waals surface area contributed by atoms with Gasteiger partial charge in [0.15, 0.2) is 6.04 Å². The van der Waals surface area contributed by atoms with Crippen LogP contribution in [0.3, 0.4) is 0 Å². The monoisotopic (exact) mass is 281 g/mol. The van der Waals surface area contributed by atoms with E-state index in [1.54, 1.807) is 24.3 Å². The lowest BCUT2D eigenvalue weighted by atomic mass is 10.1. The highest BCUT2D eigenvalue weighted by atomic mass is 16.5. The van der Waals surface area contributed by atoms with Gasteiger partial charge in [0, 0.05) is 5.56 Å². The highest BCUT2D eigenvalue weighted by Crippen LogP contribution is 2.07. The molecule has 0 radical (unpaired) electrons. The minimum atomic E-state index is -1.30. The molecule has 1 amide bonds. The Balaban J connectivity index is 2.63. The largest absolute Gasteiger partial charge is 0.480 e. The lowest BCUT2D eigenvalue weighted by molar-refractivity contribution is -0.140. The Morgan fingerprint density at radius 2 is 1.85 bits per heavy atom. The van der Waals surface area contributed by atoms with Crippen molar-refractivity contribution >= 4 is 11.9 Å². The normalized spacial score (nSPS) is 12.2. The van der Waals surface area contributed by atoms with Gasteiger partial charge >= 0.3 is 5.97 Å². The van der Waals surface area contributed by atoms with Gasteiger partial charge < -0.3 is 20.3 Å². The molecule has 1 rings (SSSR count). The molecule has 6 nitrogen and oxygen atoms in total. The van der Waals surface area contributed by atoms with Crippen LogP contribution in [0, 0.1) is 0 Å². The van der Waals surface area contributed by atoms with Crippen molar-refractivity contribution in [2.75, 3.05) is 6.61 Å². The Kier molecular flexibility index (Phi) is 6.14. The molecule has 0 unspecified atom stereocenters. The number of carbonyl (C=O) groups is 2. The molecule has 0 heterocycles. The Hall–Kier alpha value is -1.92. The predicted molar refractivity (Wildman–Crippen MR) is 72.3 cm³/mol. The van der Waals surface area contributed by atoms with Gasteiger partial charge in [-0.2, -0.15) is 0 Å². The van der Waals surface area contributed by atoms with Crippen LogP contribution in [0.1, 0.15) is 29.8 Å². The number of aliphatic carboxylic acids is 1. The quantitative estimate of drug-likeness (QED) is 0.686. The summed E-state index contributed by atoms with van der Waals surface area (Å²) in [6.07, 6.45) is 0.124. The van der Waals surface area contributed by atoms with Crippen molar-refractivity contribution in [3.8, 4) is 0 Å². The minimum Gasteiger partial charge on any atom is -0.480 e. The van der Waals surface area contributed by atoms with Crippen LogP contribution in [0.5, 0.6) is 0 Å². The number of carboxylic acids is 1. The number of hydrogen-bond acceptors (Lipinski definition) is 4. The van der Waals surface area contributed by atoms with E-state index in [4.69, 9.17) is 14.9 Å². The van der Waals surface area contributed by atoms with E-state index in [-0.39, 0.29) is 6.10 Å². The lowest BCUT2D eigenvalue weighted by Gasteiger charge is -2.12. The van der Waals surface area contributed by atoms with Crippen LogP contribution in [0.2, 0.25) is 0 Å². The number of benzene rings is 1. The second-order valence-electron chi connectivity index (χ2n) is 4.60. The van der Waals surface area contributed by atoms with Gasteiger partial charge in [-0.25, -0.2) is 4.79 Å². The zero-order chi connectivity index (χ0) is 15.1. The van der Waals surface area contributed by atoms with E-state index < -0.39 is 24.5 Å². The van der Waals surface area contributed by atoms with Crippen molar-refractivity contribution in [3.05, 3.63) is 35.4 Å². The van der Waals surface area contributed by atoms with Gasteiger partial charge in [0.1, 0.15) is 0 Å². The molecule has 0 fully saturated rings. The fraction of sp³-hybridized carbons (Fsp3) is 0.429. The number of ether oxygens (including phenoxy) is 1. The van der Waals surface area contributed by atoms with Crippen LogP contribution in [-0.2, 0) is 16.1 Å². The molecule has 1 aromatic rings. The molecular formula is C14H19NO5. The van der Waals surface area contributed by atoms with E-state index in [1.165, 1.54) is 0 Å². The summed E-state index contributed by atoms with van der Waals surface area (Å²) in [6, 6.07) is 5.36. The number of aliphatic hydroxyl groups is 1. The molecule has 3 N–H and O–H groups in total. The molecule has 20 heavy (non-hydrogen) atoms. The molecule has 110 valence electrons. The van der Waals surface area contributed by atoms with Gasteiger partial charge in [0.05, 0.1) is 19.3 Å². The summed E-state index contributed by atoms with van der Waals surface area (Å²) in [5.74, 6) is -1.81. The maximum atomic E-state index is 11.8. The van der Waals surface area contributed by atoms with Crippen LogP contribution in [0.15, 0.2) is 24.3 Å². The third-order valence-electron chi connectivity index (χ3n) is 2.59. The van der Waals surface area contributed by atoms with Crippen molar-refractivity contribution in [1.29, 1.82) is 0 Å². The van der Waals surface area contributed by atoms with Gasteiger partial charge in [-0.3, -0.25) is 4.79 Å². The van der Waals surface area contributed by atoms with E-state index in [9.17, 15) is 9.59 Å². The van der Waals surface area contributed by atoms with Crippen LogP contribution < -0.4 is 5.32 Å². The Bertz CT molecular complexity index is 455. The van der Waals surface area contributed by atoms with Crippen molar-refractivity contribution < 1.29 is 24.5 Å². The molecule has 1 atom stereocenters. The van der Waals surface area contributed by atoms with Gasteiger partial charge in [-0.05, 0) is 31.5 Å². The lowest BCUT2D eigenvalue weighted by Crippen LogP contribution is -2.43. The van der Waals surface area contributed by atoms with E-state index in [1.807, 2.05) is 13.8 Å². The van der Waals surface area contributed by atoms with Crippen molar-refractivity contribution in [3.63, 3.8) is 0 Å². The summed E-state index contributed by atoms with van der Waals surface area (Å²) < 4.78 is 5.43. The topological polar surface area (TPSA) is 95.9 Å². The van der Waals surface area contributed by atoms with E-state index >= 15 is 0 Å². The zero-order valence-electron chi connectivity index (χ0n) is 11.5. The van der Waals surface area contributed by atoms with E-state index in [2.05, 4.69) is 5.32 Å². The van der Waals surface area contributed by atoms with Crippen LogP contribution >= 0.6 is 0 Å².